The van der Waals surface area contributed by atoms with E-state index in [1.54, 1.807) is 38.3 Å². The molecule has 2 rings (SSSR count). The molecule has 0 spiro atoms. The molecule has 2 aromatic carbocycles. The first-order valence-corrected chi connectivity index (χ1v) is 7.45. The fraction of sp³-hybridized carbons (Fsp3) is 0.278. The van der Waals surface area contributed by atoms with Gasteiger partial charge in [0.15, 0.2) is 6.10 Å². The van der Waals surface area contributed by atoms with Crippen LogP contribution in [0.3, 0.4) is 0 Å². The Balaban J connectivity index is 1.79. The zero-order chi connectivity index (χ0) is 16.7. The third-order valence-corrected chi connectivity index (χ3v) is 3.37. The average Bonchev–Trinajstić information content (AvgIpc) is 2.56. The van der Waals surface area contributed by atoms with Gasteiger partial charge in [-0.2, -0.15) is 0 Å². The Hall–Kier alpha value is -2.69. The van der Waals surface area contributed by atoms with Crippen molar-refractivity contribution >= 4 is 5.91 Å². The normalized spacial score (nSPS) is 11.6. The summed E-state index contributed by atoms with van der Waals surface area (Å²) >= 11 is 0. The van der Waals surface area contributed by atoms with Crippen LogP contribution in [0.25, 0.3) is 0 Å². The maximum absolute atomic E-state index is 12.0. The van der Waals surface area contributed by atoms with Gasteiger partial charge in [0.2, 0.25) is 0 Å². The molecule has 1 unspecified atom stereocenters. The molecule has 0 bridgehead atoms. The molecule has 5 heteroatoms. The molecule has 0 heterocycles. The molecule has 0 fully saturated rings. The number of hydrogen-bond donors (Lipinski definition) is 2. The Labute approximate surface area is 135 Å². The molecule has 0 saturated heterocycles. The molecule has 2 aromatic rings. The van der Waals surface area contributed by atoms with Crippen molar-refractivity contribution in [3.05, 3.63) is 54.1 Å². The quantitative estimate of drug-likeness (QED) is 0.824. The molecule has 0 aromatic heterocycles. The van der Waals surface area contributed by atoms with Crippen molar-refractivity contribution in [3.63, 3.8) is 0 Å². The zero-order valence-electron chi connectivity index (χ0n) is 13.3. The predicted molar refractivity (Wildman–Crippen MR) is 87.9 cm³/mol. The van der Waals surface area contributed by atoms with E-state index >= 15 is 0 Å². The van der Waals surface area contributed by atoms with Gasteiger partial charge in [-0.25, -0.2) is 0 Å². The van der Waals surface area contributed by atoms with E-state index in [0.717, 1.165) is 5.56 Å². The second-order valence-electron chi connectivity index (χ2n) is 5.15. The van der Waals surface area contributed by atoms with Gasteiger partial charge >= 0.3 is 0 Å². The first-order valence-electron chi connectivity index (χ1n) is 7.45. The molecule has 0 aliphatic rings. The van der Waals surface area contributed by atoms with Crippen LogP contribution in [0, 0.1) is 0 Å². The summed E-state index contributed by atoms with van der Waals surface area (Å²) in [6.07, 6.45) is 0.0969. The van der Waals surface area contributed by atoms with Crippen molar-refractivity contribution < 1.29 is 19.4 Å². The number of aromatic hydroxyl groups is 1. The highest BCUT2D eigenvalue weighted by Gasteiger charge is 2.14. The van der Waals surface area contributed by atoms with Crippen LogP contribution < -0.4 is 14.8 Å². The van der Waals surface area contributed by atoms with Crippen LogP contribution in [0.2, 0.25) is 0 Å². The van der Waals surface area contributed by atoms with Crippen molar-refractivity contribution in [3.8, 4) is 17.2 Å². The Kier molecular flexibility index (Phi) is 5.86. The summed E-state index contributed by atoms with van der Waals surface area (Å²) in [4.78, 5) is 12.0. The highest BCUT2D eigenvalue weighted by molar-refractivity contribution is 5.80. The molecule has 5 nitrogen and oxygen atoms in total. The van der Waals surface area contributed by atoms with Crippen LogP contribution in [-0.4, -0.2) is 30.8 Å². The predicted octanol–water partition coefficient (Wildman–Crippen LogP) is 2.53. The molecule has 2 N–H and O–H groups in total. The number of nitrogens with one attached hydrogen (secondary N) is 1. The first kappa shape index (κ1) is 16.7. The number of phenols is 1. The van der Waals surface area contributed by atoms with E-state index in [-0.39, 0.29) is 11.7 Å². The fourth-order valence-electron chi connectivity index (χ4n) is 2.07. The van der Waals surface area contributed by atoms with Gasteiger partial charge in [-0.1, -0.05) is 18.2 Å². The molecular weight excluding hydrogens is 294 g/mol. The summed E-state index contributed by atoms with van der Waals surface area (Å²) in [5.74, 6) is 1.33. The molecular formula is C18H21NO4. The maximum atomic E-state index is 12.0. The largest absolute Gasteiger partial charge is 0.508 e. The van der Waals surface area contributed by atoms with Crippen LogP contribution in [0.5, 0.6) is 17.2 Å². The lowest BCUT2D eigenvalue weighted by Gasteiger charge is -2.15. The lowest BCUT2D eigenvalue weighted by molar-refractivity contribution is -0.127. The van der Waals surface area contributed by atoms with Gasteiger partial charge in [0.05, 0.1) is 7.11 Å². The van der Waals surface area contributed by atoms with E-state index in [2.05, 4.69) is 5.32 Å². The average molecular weight is 315 g/mol. The van der Waals surface area contributed by atoms with Gasteiger partial charge in [0, 0.05) is 12.6 Å². The third kappa shape index (κ3) is 5.21. The molecule has 1 atom stereocenters. The topological polar surface area (TPSA) is 67.8 Å². The summed E-state index contributed by atoms with van der Waals surface area (Å²) in [6.45, 7) is 2.21. The van der Waals surface area contributed by atoms with E-state index in [1.807, 2.05) is 24.3 Å². The molecule has 0 aliphatic heterocycles. The van der Waals surface area contributed by atoms with Crippen molar-refractivity contribution in [1.82, 2.24) is 5.32 Å². The van der Waals surface area contributed by atoms with Gasteiger partial charge in [0.25, 0.3) is 5.91 Å². The molecule has 0 aliphatic carbocycles. The number of rotatable bonds is 7. The van der Waals surface area contributed by atoms with E-state index < -0.39 is 6.10 Å². The lowest BCUT2D eigenvalue weighted by Crippen LogP contribution is -2.37. The number of amides is 1. The number of carbonyl (C=O) groups excluding carboxylic acids is 1. The van der Waals surface area contributed by atoms with Crippen LogP contribution >= 0.6 is 0 Å². The monoisotopic (exact) mass is 315 g/mol. The summed E-state index contributed by atoms with van der Waals surface area (Å²) in [5.41, 5.74) is 1.05. The Bertz CT molecular complexity index is 640. The highest BCUT2D eigenvalue weighted by atomic mass is 16.5. The summed E-state index contributed by atoms with van der Waals surface area (Å²) in [7, 11) is 1.58. The SMILES string of the molecule is COc1cccc(OC(C)C(=O)NCCc2ccc(O)cc2)c1. The number of phenolic OH excluding ortho intramolecular Hbond substituents is 1. The molecule has 1 amide bonds. The number of benzene rings is 2. The minimum absolute atomic E-state index is 0.174. The van der Waals surface area contributed by atoms with Gasteiger partial charge in [-0.3, -0.25) is 4.79 Å². The van der Waals surface area contributed by atoms with Gasteiger partial charge in [-0.15, -0.1) is 0 Å². The number of hydrogen-bond acceptors (Lipinski definition) is 4. The Morgan fingerprint density at radius 1 is 1.17 bits per heavy atom. The number of methoxy groups -OCH3 is 1. The highest BCUT2D eigenvalue weighted by Crippen LogP contribution is 2.19. The van der Waals surface area contributed by atoms with Crippen molar-refractivity contribution in [2.45, 2.75) is 19.4 Å². The summed E-state index contributed by atoms with van der Waals surface area (Å²) in [5, 5.41) is 12.1. The number of ether oxygens (including phenoxy) is 2. The van der Waals surface area contributed by atoms with Crippen molar-refractivity contribution in [2.75, 3.05) is 13.7 Å². The van der Waals surface area contributed by atoms with Crippen molar-refractivity contribution in [2.24, 2.45) is 0 Å². The minimum atomic E-state index is -0.595. The second-order valence-corrected chi connectivity index (χ2v) is 5.15. The minimum Gasteiger partial charge on any atom is -0.508 e. The maximum Gasteiger partial charge on any atom is 0.260 e. The Morgan fingerprint density at radius 3 is 2.57 bits per heavy atom. The van der Waals surface area contributed by atoms with Gasteiger partial charge in [0.1, 0.15) is 17.2 Å². The lowest BCUT2D eigenvalue weighted by atomic mass is 10.1. The smallest absolute Gasteiger partial charge is 0.260 e. The van der Waals surface area contributed by atoms with Gasteiger partial charge < -0.3 is 19.9 Å². The second kappa shape index (κ2) is 8.08. The standard InChI is InChI=1S/C18H21NO4/c1-13(23-17-5-3-4-16(12-17)22-2)18(21)19-11-10-14-6-8-15(20)9-7-14/h3-9,12-13,20H,10-11H2,1-2H3,(H,19,21). The van der Waals surface area contributed by atoms with Crippen LogP contribution in [0.4, 0.5) is 0 Å². The van der Waals surface area contributed by atoms with E-state index in [4.69, 9.17) is 9.47 Å². The molecule has 23 heavy (non-hydrogen) atoms. The van der Waals surface area contributed by atoms with E-state index in [9.17, 15) is 9.90 Å². The third-order valence-electron chi connectivity index (χ3n) is 3.37. The summed E-state index contributed by atoms with van der Waals surface area (Å²) in [6, 6.07) is 14.1. The van der Waals surface area contributed by atoms with E-state index in [1.165, 1.54) is 0 Å². The molecule has 0 radical (unpaired) electrons. The fourth-order valence-corrected chi connectivity index (χ4v) is 2.07. The van der Waals surface area contributed by atoms with Gasteiger partial charge in [-0.05, 0) is 43.2 Å². The summed E-state index contributed by atoms with van der Waals surface area (Å²) < 4.78 is 10.7. The Morgan fingerprint density at radius 2 is 1.87 bits per heavy atom. The molecule has 122 valence electrons. The molecule has 0 saturated carbocycles. The zero-order valence-corrected chi connectivity index (χ0v) is 13.3. The first-order chi connectivity index (χ1) is 11.1. The van der Waals surface area contributed by atoms with Crippen LogP contribution in [0.15, 0.2) is 48.5 Å². The number of carbonyl (C=O) groups is 1. The van der Waals surface area contributed by atoms with Crippen molar-refractivity contribution in [1.29, 1.82) is 0 Å². The van der Waals surface area contributed by atoms with E-state index in [0.29, 0.717) is 24.5 Å². The van der Waals surface area contributed by atoms with Crippen LogP contribution in [0.1, 0.15) is 12.5 Å². The van der Waals surface area contributed by atoms with Crippen LogP contribution in [-0.2, 0) is 11.2 Å².